The predicted octanol–water partition coefficient (Wildman–Crippen LogP) is 3.77. The van der Waals surface area contributed by atoms with Crippen LogP contribution < -0.4 is 15.3 Å². The van der Waals surface area contributed by atoms with E-state index in [0.717, 1.165) is 0 Å². The van der Waals surface area contributed by atoms with Crippen molar-refractivity contribution in [2.45, 2.75) is 44.7 Å². The van der Waals surface area contributed by atoms with Gasteiger partial charge < -0.3 is 19.7 Å². The first kappa shape index (κ1) is 27.6. The summed E-state index contributed by atoms with van der Waals surface area (Å²) in [6, 6.07) is 6.59. The van der Waals surface area contributed by atoms with Gasteiger partial charge in [-0.05, 0) is 31.5 Å². The van der Waals surface area contributed by atoms with Crippen LogP contribution in [0.2, 0.25) is 5.15 Å². The number of imidazole rings is 1. The van der Waals surface area contributed by atoms with Gasteiger partial charge in [0.1, 0.15) is 23.5 Å². The molecular formula is C21H25ClN9O6P. The first-order valence-corrected chi connectivity index (χ1v) is 13.4. The SMILES string of the molecule is CCOC(=O)[C@H](C)NP(=O)(OC[C@@H]1O[C@H](n2cnc3c(Cl)nc(N)nc32)CC1N=[N+]=[N-])Oc1ccccc1. The molecule has 202 valence electrons. The summed E-state index contributed by atoms with van der Waals surface area (Å²) in [6.45, 7) is 2.96. The minimum atomic E-state index is -4.14. The molecule has 1 aromatic carbocycles. The molecule has 1 aliphatic rings. The summed E-state index contributed by atoms with van der Waals surface area (Å²) in [5.41, 5.74) is 15.5. The van der Waals surface area contributed by atoms with Gasteiger partial charge in [0, 0.05) is 11.3 Å². The molecule has 3 N–H and O–H groups in total. The highest BCUT2D eigenvalue weighted by Gasteiger charge is 2.40. The largest absolute Gasteiger partial charge is 0.465 e. The van der Waals surface area contributed by atoms with Crippen LogP contribution in [0.25, 0.3) is 21.6 Å². The summed E-state index contributed by atoms with van der Waals surface area (Å²) in [5, 5.41) is 6.48. The molecule has 17 heteroatoms. The minimum Gasteiger partial charge on any atom is -0.465 e. The second-order valence-electron chi connectivity index (χ2n) is 8.13. The molecule has 15 nitrogen and oxygen atoms in total. The normalized spacial score (nSPS) is 21.4. The fraction of sp³-hybridized carbons (Fsp3) is 0.429. The highest BCUT2D eigenvalue weighted by atomic mass is 35.5. The van der Waals surface area contributed by atoms with Gasteiger partial charge in [-0.15, -0.1) is 0 Å². The minimum absolute atomic E-state index is 0.0467. The Hall–Kier alpha value is -3.45. The summed E-state index contributed by atoms with van der Waals surface area (Å²) in [5.74, 6) is -0.436. The van der Waals surface area contributed by atoms with Crippen molar-refractivity contribution in [1.29, 1.82) is 0 Å². The van der Waals surface area contributed by atoms with Crippen molar-refractivity contribution in [3.05, 3.63) is 52.3 Å². The van der Waals surface area contributed by atoms with Crippen molar-refractivity contribution in [2.75, 3.05) is 18.9 Å². The number of aromatic nitrogens is 4. The highest BCUT2D eigenvalue weighted by molar-refractivity contribution is 7.52. The Kier molecular flexibility index (Phi) is 8.67. The van der Waals surface area contributed by atoms with Crippen LogP contribution >= 0.6 is 19.3 Å². The zero-order valence-electron chi connectivity index (χ0n) is 20.4. The van der Waals surface area contributed by atoms with Crippen LogP contribution in [-0.2, 0) is 23.4 Å². The number of carbonyl (C=O) groups excluding carboxylic acids is 1. The molecule has 0 saturated carbocycles. The van der Waals surface area contributed by atoms with Gasteiger partial charge in [-0.25, -0.2) is 9.55 Å². The lowest BCUT2D eigenvalue weighted by molar-refractivity contribution is -0.144. The molecule has 4 rings (SSSR count). The molecular weight excluding hydrogens is 541 g/mol. The number of nitrogens with one attached hydrogen (secondary N) is 1. The maximum Gasteiger partial charge on any atom is 0.459 e. The molecule has 0 spiro atoms. The molecule has 2 aromatic heterocycles. The van der Waals surface area contributed by atoms with Crippen molar-refractivity contribution in [3.63, 3.8) is 0 Å². The van der Waals surface area contributed by atoms with Crippen molar-refractivity contribution in [1.82, 2.24) is 24.6 Å². The maximum absolute atomic E-state index is 13.7. The summed E-state index contributed by atoms with van der Waals surface area (Å²) in [7, 11) is -4.14. The predicted molar refractivity (Wildman–Crippen MR) is 136 cm³/mol. The Bertz CT molecular complexity index is 1390. The standard InChI is InChI=1S/C21H25ClN9O6P/c1-3-34-20(32)12(2)29-38(33,37-13-7-5-4-6-8-13)35-10-15-14(28-30-24)9-16(36-15)31-11-25-17-18(22)26-21(23)27-19(17)31/h4-8,11-12,14-16H,3,9-10H2,1-2H3,(H,29,33)(H2,23,26,27)/t12-,14?,15-,16-,38?/m0/s1. The number of carbonyl (C=O) groups is 1. The molecule has 0 radical (unpaired) electrons. The number of hydrogen-bond donors (Lipinski definition) is 2. The van der Waals surface area contributed by atoms with Crippen molar-refractivity contribution < 1.29 is 27.9 Å². The van der Waals surface area contributed by atoms with Gasteiger partial charge in [0.25, 0.3) is 0 Å². The fourth-order valence-corrected chi connectivity index (χ4v) is 5.49. The van der Waals surface area contributed by atoms with Gasteiger partial charge >= 0.3 is 13.7 Å². The van der Waals surface area contributed by atoms with E-state index in [-0.39, 0.29) is 36.5 Å². The number of nitrogens with two attached hydrogens (primary N) is 1. The van der Waals surface area contributed by atoms with E-state index in [1.165, 1.54) is 13.3 Å². The lowest BCUT2D eigenvalue weighted by Crippen LogP contribution is -2.36. The summed E-state index contributed by atoms with van der Waals surface area (Å²) >= 11 is 6.12. The van der Waals surface area contributed by atoms with E-state index in [1.54, 1.807) is 41.8 Å². The molecule has 1 aliphatic heterocycles. The first-order chi connectivity index (χ1) is 18.2. The van der Waals surface area contributed by atoms with Crippen LogP contribution in [0.5, 0.6) is 5.75 Å². The van der Waals surface area contributed by atoms with Crippen molar-refractivity contribution in [3.8, 4) is 5.75 Å². The second kappa shape index (κ2) is 11.9. The van der Waals surface area contributed by atoms with Crippen LogP contribution in [0.4, 0.5) is 5.95 Å². The maximum atomic E-state index is 13.7. The number of azide groups is 1. The van der Waals surface area contributed by atoms with Crippen molar-refractivity contribution >= 4 is 42.4 Å². The molecule has 0 bridgehead atoms. The lowest BCUT2D eigenvalue weighted by Gasteiger charge is -2.24. The number of benzene rings is 1. The Labute approximate surface area is 221 Å². The van der Waals surface area contributed by atoms with Crippen LogP contribution in [0.1, 0.15) is 26.5 Å². The van der Waals surface area contributed by atoms with Gasteiger partial charge in [-0.3, -0.25) is 13.9 Å². The van der Waals surface area contributed by atoms with E-state index in [1.807, 2.05) is 0 Å². The summed E-state index contributed by atoms with van der Waals surface area (Å²) in [6.07, 6.45) is 0.157. The Balaban J connectivity index is 1.54. The quantitative estimate of drug-likeness (QED) is 0.0855. The van der Waals surface area contributed by atoms with Gasteiger partial charge in [-0.2, -0.15) is 15.1 Å². The molecule has 2 unspecified atom stereocenters. The number of ether oxygens (including phenoxy) is 2. The third kappa shape index (κ3) is 6.33. The highest BCUT2D eigenvalue weighted by Crippen LogP contribution is 2.46. The number of nitrogen functional groups attached to an aromatic ring is 1. The number of anilines is 1. The smallest absolute Gasteiger partial charge is 0.459 e. The van der Waals surface area contributed by atoms with Gasteiger partial charge in [0.05, 0.1) is 31.7 Å². The average Bonchev–Trinajstić information content (AvgIpc) is 3.48. The summed E-state index contributed by atoms with van der Waals surface area (Å²) in [4.78, 5) is 27.3. The van der Waals surface area contributed by atoms with E-state index >= 15 is 0 Å². The Morgan fingerprint density at radius 2 is 2.18 bits per heavy atom. The second-order valence-corrected chi connectivity index (χ2v) is 10.2. The number of hydrogen-bond acceptors (Lipinski definition) is 11. The number of fused-ring (bicyclic) bond motifs is 1. The van der Waals surface area contributed by atoms with Crippen LogP contribution in [0.3, 0.4) is 0 Å². The molecule has 0 amide bonds. The van der Waals surface area contributed by atoms with Crippen LogP contribution in [-0.4, -0.2) is 56.9 Å². The van der Waals surface area contributed by atoms with Crippen molar-refractivity contribution in [2.24, 2.45) is 5.11 Å². The number of halogens is 1. The molecule has 0 aliphatic carbocycles. The molecule has 5 atom stereocenters. The monoisotopic (exact) mass is 565 g/mol. The van der Waals surface area contributed by atoms with Gasteiger partial charge in [0.15, 0.2) is 10.8 Å². The number of esters is 1. The topological polar surface area (TPSA) is 201 Å². The third-order valence-electron chi connectivity index (χ3n) is 5.48. The first-order valence-electron chi connectivity index (χ1n) is 11.5. The molecule has 1 fully saturated rings. The lowest BCUT2D eigenvalue weighted by atomic mass is 10.1. The Morgan fingerprint density at radius 3 is 2.89 bits per heavy atom. The molecule has 1 saturated heterocycles. The zero-order chi connectivity index (χ0) is 27.3. The zero-order valence-corrected chi connectivity index (χ0v) is 22.0. The molecule has 38 heavy (non-hydrogen) atoms. The van der Waals surface area contributed by atoms with Gasteiger partial charge in [-0.1, -0.05) is 34.9 Å². The average molecular weight is 566 g/mol. The van der Waals surface area contributed by atoms with E-state index in [9.17, 15) is 9.36 Å². The summed E-state index contributed by atoms with van der Waals surface area (Å²) < 4.78 is 37.7. The van der Waals surface area contributed by atoms with Crippen LogP contribution in [0.15, 0.2) is 41.8 Å². The van der Waals surface area contributed by atoms with E-state index in [0.29, 0.717) is 11.2 Å². The number of rotatable bonds is 11. The Morgan fingerprint density at radius 1 is 1.42 bits per heavy atom. The number of para-hydroxylation sites is 1. The molecule has 3 aromatic rings. The fourth-order valence-electron chi connectivity index (χ4n) is 3.77. The molecule has 3 heterocycles. The van der Waals surface area contributed by atoms with E-state index in [2.05, 4.69) is 30.1 Å². The third-order valence-corrected chi connectivity index (χ3v) is 7.39. The van der Waals surface area contributed by atoms with Crippen LogP contribution in [0, 0.1) is 0 Å². The van der Waals surface area contributed by atoms with Gasteiger partial charge in [0.2, 0.25) is 5.95 Å². The van der Waals surface area contributed by atoms with E-state index < -0.39 is 38.1 Å². The number of nitrogens with zero attached hydrogens (tertiary/aromatic N) is 7. The van der Waals surface area contributed by atoms with E-state index in [4.69, 9.17) is 41.4 Å².